The number of nitrogens with two attached hydrogens (primary N) is 1. The molecule has 3 rings (SSSR count). The number of nitrogen functional groups attached to an aromatic ring is 1. The molecule has 3 aromatic rings. The molecular weight excluding hydrogens is 348 g/mol. The van der Waals surface area contributed by atoms with Crippen molar-refractivity contribution in [1.29, 1.82) is 0 Å². The highest BCUT2D eigenvalue weighted by Crippen LogP contribution is 2.28. The number of carbonyl (C=O) groups is 1. The van der Waals surface area contributed by atoms with Crippen LogP contribution in [0.5, 0.6) is 0 Å². The Balaban J connectivity index is 1.77. The van der Waals surface area contributed by atoms with Crippen LogP contribution in [0.2, 0.25) is 0 Å². The van der Waals surface area contributed by atoms with E-state index >= 15 is 0 Å². The van der Waals surface area contributed by atoms with Crippen LogP contribution in [0.25, 0.3) is 11.1 Å². The summed E-state index contributed by atoms with van der Waals surface area (Å²) in [4.78, 5) is 30.7. The van der Waals surface area contributed by atoms with Crippen LogP contribution in [0.1, 0.15) is 6.92 Å². The highest BCUT2D eigenvalue weighted by Gasteiger charge is 2.17. The first-order valence-electron chi connectivity index (χ1n) is 8.02. The minimum absolute atomic E-state index is 0.123. The van der Waals surface area contributed by atoms with Gasteiger partial charge in [-0.15, -0.1) is 0 Å². The third kappa shape index (κ3) is 4.31. The number of thioether (sulfide) groups is 1. The first-order chi connectivity index (χ1) is 12.5. The number of para-hydroxylation sites is 1. The van der Waals surface area contributed by atoms with Crippen LogP contribution in [0.3, 0.4) is 0 Å². The van der Waals surface area contributed by atoms with Gasteiger partial charge in [-0.05, 0) is 18.6 Å². The van der Waals surface area contributed by atoms with Gasteiger partial charge in [-0.1, -0.05) is 60.3 Å². The van der Waals surface area contributed by atoms with Gasteiger partial charge in [0.2, 0.25) is 5.91 Å². The van der Waals surface area contributed by atoms with Crippen LogP contribution in [0, 0.1) is 0 Å². The van der Waals surface area contributed by atoms with Gasteiger partial charge >= 0.3 is 0 Å². The van der Waals surface area contributed by atoms with Crippen LogP contribution in [-0.4, -0.2) is 21.1 Å². The van der Waals surface area contributed by atoms with Gasteiger partial charge in [0, 0.05) is 17.3 Å². The van der Waals surface area contributed by atoms with E-state index in [4.69, 9.17) is 5.73 Å². The lowest BCUT2D eigenvalue weighted by atomic mass is 10.0. The number of nitrogens with zero attached hydrogens (tertiary/aromatic N) is 1. The normalized spacial score (nSPS) is 11.7. The molecule has 0 radical (unpaired) electrons. The van der Waals surface area contributed by atoms with Crippen molar-refractivity contribution in [2.45, 2.75) is 17.3 Å². The van der Waals surface area contributed by atoms with Crippen molar-refractivity contribution >= 4 is 29.2 Å². The van der Waals surface area contributed by atoms with Gasteiger partial charge in [-0.2, -0.15) is 0 Å². The summed E-state index contributed by atoms with van der Waals surface area (Å²) in [5.74, 6) is -0.0678. The van der Waals surface area contributed by atoms with Crippen molar-refractivity contribution in [2.24, 2.45) is 0 Å². The zero-order valence-corrected chi connectivity index (χ0v) is 14.9. The average Bonchev–Trinajstić information content (AvgIpc) is 2.62. The summed E-state index contributed by atoms with van der Waals surface area (Å²) >= 11 is 1.14. The third-order valence-electron chi connectivity index (χ3n) is 3.67. The summed E-state index contributed by atoms with van der Waals surface area (Å²) in [7, 11) is 0. The molecule has 1 unspecified atom stereocenters. The molecule has 0 saturated heterocycles. The van der Waals surface area contributed by atoms with Crippen LogP contribution in [0.15, 0.2) is 70.6 Å². The van der Waals surface area contributed by atoms with Crippen molar-refractivity contribution in [1.82, 2.24) is 9.97 Å². The zero-order chi connectivity index (χ0) is 18.5. The predicted molar refractivity (Wildman–Crippen MR) is 105 cm³/mol. The number of amides is 1. The molecule has 1 amide bonds. The first-order valence-corrected chi connectivity index (χ1v) is 8.90. The second-order valence-electron chi connectivity index (χ2n) is 5.64. The van der Waals surface area contributed by atoms with Crippen molar-refractivity contribution in [3.8, 4) is 11.1 Å². The Bertz CT molecular complexity index is 973. The van der Waals surface area contributed by atoms with Gasteiger partial charge in [0.25, 0.3) is 5.56 Å². The number of aromatic amines is 1. The van der Waals surface area contributed by atoms with E-state index in [1.54, 1.807) is 6.92 Å². The van der Waals surface area contributed by atoms with Crippen LogP contribution < -0.4 is 16.6 Å². The Morgan fingerprint density at radius 2 is 1.85 bits per heavy atom. The zero-order valence-electron chi connectivity index (χ0n) is 14.1. The smallest absolute Gasteiger partial charge is 0.253 e. The molecule has 4 N–H and O–H groups in total. The number of rotatable bonds is 5. The molecule has 0 bridgehead atoms. The number of H-pyrrole nitrogens is 1. The summed E-state index contributed by atoms with van der Waals surface area (Å²) in [6.07, 6.45) is 0. The number of carbonyl (C=O) groups excluding carboxylic acids is 1. The molecule has 0 aliphatic carbocycles. The number of hydrogen-bond acceptors (Lipinski definition) is 5. The molecule has 0 aliphatic rings. The minimum Gasteiger partial charge on any atom is -0.383 e. The van der Waals surface area contributed by atoms with Crippen molar-refractivity contribution in [2.75, 3.05) is 11.1 Å². The summed E-state index contributed by atoms with van der Waals surface area (Å²) in [5.41, 5.74) is 7.91. The molecule has 0 fully saturated rings. The molecule has 0 spiro atoms. The molecule has 132 valence electrons. The van der Waals surface area contributed by atoms with E-state index in [2.05, 4.69) is 15.3 Å². The number of benzene rings is 2. The summed E-state index contributed by atoms with van der Waals surface area (Å²) in [6, 6.07) is 18.7. The lowest BCUT2D eigenvalue weighted by Crippen LogP contribution is -2.23. The fraction of sp³-hybridized carbons (Fsp3) is 0.105. The summed E-state index contributed by atoms with van der Waals surface area (Å²) in [6.45, 7) is 1.74. The van der Waals surface area contributed by atoms with Crippen molar-refractivity contribution in [3.05, 3.63) is 71.0 Å². The van der Waals surface area contributed by atoms with Crippen LogP contribution in [-0.2, 0) is 4.79 Å². The number of aromatic nitrogens is 2. The van der Waals surface area contributed by atoms with Crippen molar-refractivity contribution in [3.63, 3.8) is 0 Å². The number of hydrogen-bond donors (Lipinski definition) is 3. The Kier molecular flexibility index (Phi) is 5.38. The standard InChI is InChI=1S/C19H18N4O2S/c1-12(26-19-22-16(20)11-17(24)23-19)18(25)21-15-10-6-5-9-14(15)13-7-3-2-4-8-13/h2-12H,1H3,(H,21,25)(H3,20,22,23,24). The largest absolute Gasteiger partial charge is 0.383 e. The van der Waals surface area contributed by atoms with Gasteiger partial charge in [-0.3, -0.25) is 9.59 Å². The van der Waals surface area contributed by atoms with Crippen molar-refractivity contribution < 1.29 is 4.79 Å². The second kappa shape index (κ2) is 7.88. The molecule has 7 heteroatoms. The molecule has 0 saturated carbocycles. The monoisotopic (exact) mass is 366 g/mol. The Morgan fingerprint density at radius 1 is 1.15 bits per heavy atom. The molecule has 6 nitrogen and oxygen atoms in total. The van der Waals surface area contributed by atoms with E-state index in [9.17, 15) is 9.59 Å². The van der Waals surface area contributed by atoms with E-state index < -0.39 is 5.25 Å². The van der Waals surface area contributed by atoms with E-state index in [0.717, 1.165) is 28.6 Å². The molecule has 1 atom stereocenters. The highest BCUT2D eigenvalue weighted by atomic mass is 32.2. The molecular formula is C19H18N4O2S. The van der Waals surface area contributed by atoms with E-state index in [-0.39, 0.29) is 17.3 Å². The number of nitrogens with one attached hydrogen (secondary N) is 2. The third-order valence-corrected chi connectivity index (χ3v) is 4.65. The Hall–Kier alpha value is -3.06. The van der Waals surface area contributed by atoms with Gasteiger partial charge < -0.3 is 16.0 Å². The summed E-state index contributed by atoms with van der Waals surface area (Å²) < 4.78 is 0. The molecule has 0 aliphatic heterocycles. The number of anilines is 2. The van der Waals surface area contributed by atoms with Crippen LogP contribution in [0.4, 0.5) is 11.5 Å². The van der Waals surface area contributed by atoms with Crippen LogP contribution >= 0.6 is 11.8 Å². The minimum atomic E-state index is -0.469. The highest BCUT2D eigenvalue weighted by molar-refractivity contribution is 8.00. The maximum atomic E-state index is 12.6. The first kappa shape index (κ1) is 17.8. The molecule has 26 heavy (non-hydrogen) atoms. The fourth-order valence-electron chi connectivity index (χ4n) is 2.43. The SMILES string of the molecule is CC(Sc1nc(N)cc(=O)[nH]1)C(=O)Nc1ccccc1-c1ccccc1. The predicted octanol–water partition coefficient (Wildman–Crippen LogP) is 3.14. The van der Waals surface area contributed by atoms with E-state index in [1.165, 1.54) is 6.07 Å². The fourth-order valence-corrected chi connectivity index (χ4v) is 3.24. The lowest BCUT2D eigenvalue weighted by molar-refractivity contribution is -0.115. The lowest BCUT2D eigenvalue weighted by Gasteiger charge is -2.14. The molecule has 1 heterocycles. The molecule has 2 aromatic carbocycles. The average molecular weight is 366 g/mol. The maximum Gasteiger partial charge on any atom is 0.253 e. The maximum absolute atomic E-state index is 12.6. The summed E-state index contributed by atoms with van der Waals surface area (Å²) in [5, 5.41) is 2.79. The van der Waals surface area contributed by atoms with E-state index in [0.29, 0.717) is 5.16 Å². The van der Waals surface area contributed by atoms with Gasteiger partial charge in [0.1, 0.15) is 5.82 Å². The Labute approximate surface area is 154 Å². The van der Waals surface area contributed by atoms with Gasteiger partial charge in [-0.25, -0.2) is 4.98 Å². The second-order valence-corrected chi connectivity index (χ2v) is 6.97. The van der Waals surface area contributed by atoms with Gasteiger partial charge in [0.15, 0.2) is 5.16 Å². The van der Waals surface area contributed by atoms with E-state index in [1.807, 2.05) is 54.6 Å². The van der Waals surface area contributed by atoms with Gasteiger partial charge in [0.05, 0.1) is 5.25 Å². The Morgan fingerprint density at radius 3 is 2.58 bits per heavy atom. The quantitative estimate of drug-likeness (QED) is 0.476. The molecule has 1 aromatic heterocycles. The topological polar surface area (TPSA) is 101 Å².